The first kappa shape index (κ1) is 18.7. The third kappa shape index (κ3) is 4.98. The highest BCUT2D eigenvalue weighted by Gasteiger charge is 2.07. The number of amides is 2. The summed E-state index contributed by atoms with van der Waals surface area (Å²) in [5.74, 6) is 1.29. The number of rotatable bonds is 7. The second kappa shape index (κ2) is 9.05. The van der Waals surface area contributed by atoms with Crippen LogP contribution >= 0.6 is 11.3 Å². The molecule has 0 radical (unpaired) electrons. The van der Waals surface area contributed by atoms with Crippen LogP contribution in [0.15, 0.2) is 53.4 Å². The predicted molar refractivity (Wildman–Crippen MR) is 106 cm³/mol. The van der Waals surface area contributed by atoms with E-state index in [9.17, 15) is 4.79 Å². The molecule has 2 heterocycles. The molecular weight excluding hydrogens is 362 g/mol. The molecule has 0 aliphatic carbocycles. The van der Waals surface area contributed by atoms with E-state index in [0.717, 1.165) is 22.4 Å². The lowest BCUT2D eigenvalue weighted by Crippen LogP contribution is -2.34. The largest absolute Gasteiger partial charge is 0.493 e. The fraction of sp³-hybridized carbons (Fsp3) is 0.200. The van der Waals surface area contributed by atoms with E-state index in [1.54, 1.807) is 31.8 Å². The highest BCUT2D eigenvalue weighted by atomic mass is 32.1. The third-order valence-electron chi connectivity index (χ3n) is 4.00. The standard InChI is InChI=1S/C20H21N3O3S/c1-25-18-4-3-14(10-19(18)26-2)11-22-20(24)23-12-15-5-7-21-17(9-15)16-6-8-27-13-16/h3-10,13H,11-12H2,1-2H3,(H2,22,23,24). The highest BCUT2D eigenvalue weighted by Crippen LogP contribution is 2.27. The summed E-state index contributed by atoms with van der Waals surface area (Å²) in [5, 5.41) is 9.77. The number of methoxy groups -OCH3 is 2. The fourth-order valence-electron chi connectivity index (χ4n) is 2.57. The van der Waals surface area contributed by atoms with Crippen LogP contribution in [0, 0.1) is 0 Å². The Kier molecular flexibility index (Phi) is 6.27. The average molecular weight is 383 g/mol. The molecule has 7 heteroatoms. The van der Waals surface area contributed by atoms with Gasteiger partial charge in [-0.05, 0) is 46.8 Å². The number of nitrogens with one attached hydrogen (secondary N) is 2. The molecule has 1 aromatic carbocycles. The summed E-state index contributed by atoms with van der Waals surface area (Å²) >= 11 is 1.63. The Hall–Kier alpha value is -3.06. The molecule has 0 spiro atoms. The van der Waals surface area contributed by atoms with Crippen molar-refractivity contribution in [2.45, 2.75) is 13.1 Å². The van der Waals surface area contributed by atoms with Crippen molar-refractivity contribution in [2.75, 3.05) is 14.2 Å². The second-order valence-electron chi connectivity index (χ2n) is 5.79. The van der Waals surface area contributed by atoms with Crippen LogP contribution in [0.3, 0.4) is 0 Å². The van der Waals surface area contributed by atoms with E-state index in [2.05, 4.69) is 21.0 Å². The third-order valence-corrected chi connectivity index (χ3v) is 4.68. The van der Waals surface area contributed by atoms with Crippen LogP contribution in [-0.4, -0.2) is 25.2 Å². The van der Waals surface area contributed by atoms with Gasteiger partial charge < -0.3 is 20.1 Å². The highest BCUT2D eigenvalue weighted by molar-refractivity contribution is 7.08. The van der Waals surface area contributed by atoms with Crippen molar-refractivity contribution < 1.29 is 14.3 Å². The number of benzene rings is 1. The summed E-state index contributed by atoms with van der Waals surface area (Å²) in [7, 11) is 3.17. The van der Waals surface area contributed by atoms with Gasteiger partial charge in [0.2, 0.25) is 0 Å². The lowest BCUT2D eigenvalue weighted by atomic mass is 10.1. The molecule has 0 unspecified atom stereocenters. The van der Waals surface area contributed by atoms with Crippen molar-refractivity contribution in [1.82, 2.24) is 15.6 Å². The summed E-state index contributed by atoms with van der Waals surface area (Å²) in [5.41, 5.74) is 3.90. The molecule has 0 saturated heterocycles. The molecule has 2 aromatic heterocycles. The molecule has 0 bridgehead atoms. The minimum absolute atomic E-state index is 0.237. The SMILES string of the molecule is COc1ccc(CNC(=O)NCc2ccnc(-c3ccsc3)c2)cc1OC. The van der Waals surface area contributed by atoms with Gasteiger partial charge in [0.15, 0.2) is 11.5 Å². The minimum Gasteiger partial charge on any atom is -0.493 e. The number of nitrogens with zero attached hydrogens (tertiary/aromatic N) is 1. The van der Waals surface area contributed by atoms with E-state index < -0.39 is 0 Å². The monoisotopic (exact) mass is 383 g/mol. The molecule has 140 valence electrons. The Morgan fingerprint density at radius 1 is 1.00 bits per heavy atom. The van der Waals surface area contributed by atoms with E-state index >= 15 is 0 Å². The Morgan fingerprint density at radius 2 is 1.74 bits per heavy atom. The molecule has 6 nitrogen and oxygen atoms in total. The van der Waals surface area contributed by atoms with E-state index in [-0.39, 0.29) is 6.03 Å². The first-order valence-electron chi connectivity index (χ1n) is 8.39. The molecule has 3 rings (SSSR count). The molecule has 2 amide bonds. The van der Waals surface area contributed by atoms with Gasteiger partial charge in [-0.3, -0.25) is 4.98 Å². The zero-order valence-corrected chi connectivity index (χ0v) is 16.0. The van der Waals surface area contributed by atoms with Crippen molar-refractivity contribution in [3.05, 3.63) is 64.5 Å². The van der Waals surface area contributed by atoms with Crippen molar-refractivity contribution in [3.8, 4) is 22.8 Å². The van der Waals surface area contributed by atoms with Gasteiger partial charge in [0.1, 0.15) is 0 Å². The van der Waals surface area contributed by atoms with Crippen LogP contribution in [0.1, 0.15) is 11.1 Å². The number of carbonyl (C=O) groups excluding carboxylic acids is 1. The quantitative estimate of drug-likeness (QED) is 0.650. The summed E-state index contributed by atoms with van der Waals surface area (Å²) in [4.78, 5) is 16.5. The van der Waals surface area contributed by atoms with Gasteiger partial charge in [-0.2, -0.15) is 11.3 Å². The molecule has 0 saturated carbocycles. The van der Waals surface area contributed by atoms with Crippen LogP contribution in [0.2, 0.25) is 0 Å². The van der Waals surface area contributed by atoms with Crippen LogP contribution in [0.5, 0.6) is 11.5 Å². The van der Waals surface area contributed by atoms with Crippen LogP contribution in [0.4, 0.5) is 4.79 Å². The maximum atomic E-state index is 12.1. The molecule has 0 fully saturated rings. The fourth-order valence-corrected chi connectivity index (χ4v) is 3.22. The molecule has 2 N–H and O–H groups in total. The van der Waals surface area contributed by atoms with Crippen LogP contribution in [-0.2, 0) is 13.1 Å². The lowest BCUT2D eigenvalue weighted by Gasteiger charge is -2.11. The molecule has 0 aliphatic heterocycles. The Morgan fingerprint density at radius 3 is 2.41 bits per heavy atom. The average Bonchev–Trinajstić information content (AvgIpc) is 3.25. The molecule has 3 aromatic rings. The van der Waals surface area contributed by atoms with Crippen molar-refractivity contribution in [2.24, 2.45) is 0 Å². The molecule has 0 atom stereocenters. The first-order valence-corrected chi connectivity index (χ1v) is 9.34. The van der Waals surface area contributed by atoms with Gasteiger partial charge in [0, 0.05) is 30.2 Å². The molecular formula is C20H21N3O3S. The van der Waals surface area contributed by atoms with E-state index in [4.69, 9.17) is 9.47 Å². The van der Waals surface area contributed by atoms with E-state index in [0.29, 0.717) is 24.6 Å². The predicted octanol–water partition coefficient (Wildman–Crippen LogP) is 3.83. The smallest absolute Gasteiger partial charge is 0.315 e. The minimum atomic E-state index is -0.237. The normalized spacial score (nSPS) is 10.3. The van der Waals surface area contributed by atoms with Gasteiger partial charge >= 0.3 is 6.03 Å². The van der Waals surface area contributed by atoms with E-state index in [1.165, 1.54) is 0 Å². The topological polar surface area (TPSA) is 72.5 Å². The maximum Gasteiger partial charge on any atom is 0.315 e. The van der Waals surface area contributed by atoms with Gasteiger partial charge in [-0.1, -0.05) is 6.07 Å². The van der Waals surface area contributed by atoms with Gasteiger partial charge in [-0.25, -0.2) is 4.79 Å². The van der Waals surface area contributed by atoms with Gasteiger partial charge in [-0.15, -0.1) is 0 Å². The number of thiophene rings is 1. The first-order chi connectivity index (χ1) is 13.2. The Balaban J connectivity index is 1.52. The van der Waals surface area contributed by atoms with Crippen molar-refractivity contribution >= 4 is 17.4 Å². The number of urea groups is 1. The van der Waals surface area contributed by atoms with Crippen molar-refractivity contribution in [1.29, 1.82) is 0 Å². The molecule has 0 aliphatic rings. The van der Waals surface area contributed by atoms with Gasteiger partial charge in [0.25, 0.3) is 0 Å². The number of aromatic nitrogens is 1. The van der Waals surface area contributed by atoms with Crippen molar-refractivity contribution in [3.63, 3.8) is 0 Å². The maximum absolute atomic E-state index is 12.1. The number of carbonyl (C=O) groups is 1. The number of pyridine rings is 1. The summed E-state index contributed by atoms with van der Waals surface area (Å²) in [6.07, 6.45) is 1.76. The van der Waals surface area contributed by atoms with Crippen LogP contribution in [0.25, 0.3) is 11.3 Å². The van der Waals surface area contributed by atoms with Crippen LogP contribution < -0.4 is 20.1 Å². The lowest BCUT2D eigenvalue weighted by molar-refractivity contribution is 0.240. The summed E-state index contributed by atoms with van der Waals surface area (Å²) in [6, 6.07) is 11.2. The second-order valence-corrected chi connectivity index (χ2v) is 6.57. The number of ether oxygens (including phenoxy) is 2. The number of hydrogen-bond donors (Lipinski definition) is 2. The zero-order valence-electron chi connectivity index (χ0n) is 15.2. The Bertz CT molecular complexity index is 897. The zero-order chi connectivity index (χ0) is 19.1. The van der Waals surface area contributed by atoms with Gasteiger partial charge in [0.05, 0.1) is 19.9 Å². The number of hydrogen-bond acceptors (Lipinski definition) is 5. The van der Waals surface area contributed by atoms with E-state index in [1.807, 2.05) is 41.8 Å². The summed E-state index contributed by atoms with van der Waals surface area (Å²) < 4.78 is 10.5. The molecule has 27 heavy (non-hydrogen) atoms. The Labute approximate surface area is 162 Å². The summed E-state index contributed by atoms with van der Waals surface area (Å²) in [6.45, 7) is 0.820.